The average Bonchev–Trinajstić information content (AvgIpc) is 2.87. The molecule has 0 aliphatic rings. The van der Waals surface area contributed by atoms with E-state index in [2.05, 4.69) is 0 Å². The third-order valence-corrected chi connectivity index (χ3v) is 3.73. The Bertz CT molecular complexity index is 610. The summed E-state index contributed by atoms with van der Waals surface area (Å²) >= 11 is 1.59. The first-order valence-corrected chi connectivity index (χ1v) is 6.39. The fourth-order valence-corrected chi connectivity index (χ4v) is 2.59. The predicted molar refractivity (Wildman–Crippen MR) is 69.6 cm³/mol. The first-order valence-electron chi connectivity index (χ1n) is 5.45. The molecule has 0 amide bonds. The summed E-state index contributed by atoms with van der Waals surface area (Å²) in [6, 6.07) is 1.42. The number of Topliss-reactive ketones (excluding diaryl/α,β-unsaturated/α-hetero) is 1. The van der Waals surface area contributed by atoms with Crippen molar-refractivity contribution < 1.29 is 14.7 Å². The largest absolute Gasteiger partial charge is 0.477 e. The lowest BCUT2D eigenvalue weighted by Gasteiger charge is -2.05. The van der Waals surface area contributed by atoms with E-state index in [4.69, 9.17) is 5.11 Å². The Morgan fingerprint density at radius 1 is 1.39 bits per heavy atom. The summed E-state index contributed by atoms with van der Waals surface area (Å²) in [5, 5.41) is 13.1. The van der Waals surface area contributed by atoms with Crippen LogP contribution in [0.15, 0.2) is 23.0 Å². The Labute approximate surface area is 108 Å². The van der Waals surface area contributed by atoms with Gasteiger partial charge in [-0.2, -0.15) is 11.3 Å². The number of nitrogens with zero attached hydrogens (tertiary/aromatic N) is 1. The smallest absolute Gasteiger partial charge is 0.352 e. The number of carboxylic acid groups (broad SMARTS) is 1. The molecule has 18 heavy (non-hydrogen) atoms. The molecule has 0 aliphatic carbocycles. The second kappa shape index (κ2) is 4.78. The lowest BCUT2D eigenvalue weighted by atomic mass is 10.2. The highest BCUT2D eigenvalue weighted by Gasteiger charge is 2.15. The zero-order valence-electron chi connectivity index (χ0n) is 10.1. The summed E-state index contributed by atoms with van der Waals surface area (Å²) in [4.78, 5) is 22.4. The molecule has 0 saturated carbocycles. The molecule has 2 aromatic heterocycles. The van der Waals surface area contributed by atoms with Crippen LogP contribution in [0.4, 0.5) is 0 Å². The van der Waals surface area contributed by atoms with Crippen molar-refractivity contribution in [2.24, 2.45) is 0 Å². The normalized spacial score (nSPS) is 10.6. The Morgan fingerprint density at radius 2 is 2.11 bits per heavy atom. The average molecular weight is 263 g/mol. The number of ketones is 1. The molecule has 4 nitrogen and oxygen atoms in total. The Balaban J connectivity index is 2.40. The van der Waals surface area contributed by atoms with E-state index in [0.717, 1.165) is 11.1 Å². The minimum Gasteiger partial charge on any atom is -0.477 e. The molecule has 0 aliphatic heterocycles. The third-order valence-electron chi connectivity index (χ3n) is 2.82. The van der Waals surface area contributed by atoms with E-state index >= 15 is 0 Å². The number of aromatic nitrogens is 1. The maximum atomic E-state index is 11.3. The van der Waals surface area contributed by atoms with E-state index in [-0.39, 0.29) is 11.5 Å². The van der Waals surface area contributed by atoms with Gasteiger partial charge in [0.2, 0.25) is 0 Å². The predicted octanol–water partition coefficient (Wildman–Crippen LogP) is 2.81. The molecule has 0 radical (unpaired) electrons. The van der Waals surface area contributed by atoms with Gasteiger partial charge in [-0.05, 0) is 41.8 Å². The number of rotatable bonds is 4. The second-order valence-corrected chi connectivity index (χ2v) is 4.93. The van der Waals surface area contributed by atoms with E-state index < -0.39 is 5.97 Å². The topological polar surface area (TPSA) is 59.3 Å². The van der Waals surface area contributed by atoms with Crippen LogP contribution >= 0.6 is 11.3 Å². The Morgan fingerprint density at radius 3 is 2.61 bits per heavy atom. The molecule has 0 bridgehead atoms. The molecule has 94 valence electrons. The molecular weight excluding hydrogens is 250 g/mol. The quantitative estimate of drug-likeness (QED) is 0.863. The van der Waals surface area contributed by atoms with Gasteiger partial charge in [-0.3, -0.25) is 4.79 Å². The number of hydrogen-bond acceptors (Lipinski definition) is 3. The fraction of sp³-hybridized carbons (Fsp3) is 0.231. The van der Waals surface area contributed by atoms with E-state index in [9.17, 15) is 9.59 Å². The number of aryl methyl sites for hydroxylation is 1. The maximum Gasteiger partial charge on any atom is 0.352 e. The van der Waals surface area contributed by atoms with Gasteiger partial charge in [-0.1, -0.05) is 0 Å². The summed E-state index contributed by atoms with van der Waals surface area (Å²) in [5.74, 6) is -1.14. The van der Waals surface area contributed by atoms with Gasteiger partial charge in [0.1, 0.15) is 5.69 Å². The van der Waals surface area contributed by atoms with Crippen molar-refractivity contribution in [1.82, 2.24) is 4.57 Å². The molecule has 2 aromatic rings. The SMILES string of the molecule is CC(=O)c1cc(C(=O)O)n(Cc2cscc2C)c1. The molecule has 2 heterocycles. The lowest BCUT2D eigenvalue weighted by Crippen LogP contribution is -2.08. The Hall–Kier alpha value is -1.88. The van der Waals surface area contributed by atoms with Crippen LogP contribution in [0.3, 0.4) is 0 Å². The number of aromatic carboxylic acids is 1. The highest BCUT2D eigenvalue weighted by molar-refractivity contribution is 7.08. The van der Waals surface area contributed by atoms with Crippen molar-refractivity contribution in [3.05, 3.63) is 45.4 Å². The van der Waals surface area contributed by atoms with Crippen LogP contribution in [0.2, 0.25) is 0 Å². The van der Waals surface area contributed by atoms with Crippen molar-refractivity contribution >= 4 is 23.1 Å². The van der Waals surface area contributed by atoms with Gasteiger partial charge in [0.15, 0.2) is 5.78 Å². The minimum absolute atomic E-state index is 0.127. The summed E-state index contributed by atoms with van der Waals surface area (Å²) < 4.78 is 1.61. The highest BCUT2D eigenvalue weighted by Crippen LogP contribution is 2.18. The van der Waals surface area contributed by atoms with E-state index in [1.165, 1.54) is 13.0 Å². The minimum atomic E-state index is -1.02. The van der Waals surface area contributed by atoms with Crippen LogP contribution in [0, 0.1) is 6.92 Å². The number of carboxylic acids is 1. The van der Waals surface area contributed by atoms with Crippen LogP contribution in [-0.2, 0) is 6.54 Å². The fourth-order valence-electron chi connectivity index (χ4n) is 1.75. The van der Waals surface area contributed by atoms with Crippen molar-refractivity contribution in [1.29, 1.82) is 0 Å². The van der Waals surface area contributed by atoms with Gasteiger partial charge in [-0.15, -0.1) is 0 Å². The molecule has 0 aromatic carbocycles. The Kier molecular flexibility index (Phi) is 3.34. The summed E-state index contributed by atoms with van der Waals surface area (Å²) in [6.45, 7) is 3.90. The van der Waals surface area contributed by atoms with Crippen LogP contribution in [-0.4, -0.2) is 21.4 Å². The summed E-state index contributed by atoms with van der Waals surface area (Å²) in [7, 11) is 0. The molecule has 5 heteroatoms. The molecule has 0 unspecified atom stereocenters. The van der Waals surface area contributed by atoms with Gasteiger partial charge in [0.25, 0.3) is 0 Å². The van der Waals surface area contributed by atoms with Gasteiger partial charge >= 0.3 is 5.97 Å². The molecule has 0 saturated heterocycles. The monoisotopic (exact) mass is 263 g/mol. The van der Waals surface area contributed by atoms with Gasteiger partial charge in [0, 0.05) is 18.3 Å². The van der Waals surface area contributed by atoms with Crippen LogP contribution in [0.1, 0.15) is 38.9 Å². The maximum absolute atomic E-state index is 11.3. The first-order chi connectivity index (χ1) is 8.49. The number of carbonyl (C=O) groups is 2. The van der Waals surface area contributed by atoms with Crippen molar-refractivity contribution in [3.8, 4) is 0 Å². The molecular formula is C13H13NO3S. The number of carbonyl (C=O) groups excluding carboxylic acids is 1. The van der Waals surface area contributed by atoms with E-state index in [1.807, 2.05) is 17.7 Å². The van der Waals surface area contributed by atoms with Gasteiger partial charge < -0.3 is 9.67 Å². The lowest BCUT2D eigenvalue weighted by molar-refractivity contribution is 0.0685. The zero-order valence-corrected chi connectivity index (χ0v) is 11.0. The summed E-state index contributed by atoms with van der Waals surface area (Å²) in [5.41, 5.74) is 2.79. The standard InChI is InChI=1S/C13H13NO3S/c1-8-6-18-7-11(8)5-14-4-10(9(2)15)3-12(14)13(16)17/h3-4,6-7H,5H2,1-2H3,(H,16,17). The second-order valence-electron chi connectivity index (χ2n) is 4.18. The van der Waals surface area contributed by atoms with E-state index in [0.29, 0.717) is 12.1 Å². The molecule has 1 N–H and O–H groups in total. The van der Waals surface area contributed by atoms with Gasteiger partial charge in [0.05, 0.1) is 0 Å². The van der Waals surface area contributed by atoms with Crippen LogP contribution in [0.5, 0.6) is 0 Å². The molecule has 0 fully saturated rings. The van der Waals surface area contributed by atoms with Crippen molar-refractivity contribution in [2.75, 3.05) is 0 Å². The zero-order chi connectivity index (χ0) is 13.3. The van der Waals surface area contributed by atoms with Crippen LogP contribution in [0.25, 0.3) is 0 Å². The molecule has 2 rings (SSSR count). The first kappa shape index (κ1) is 12.6. The summed E-state index contributed by atoms with van der Waals surface area (Å²) in [6.07, 6.45) is 1.60. The van der Waals surface area contributed by atoms with Crippen molar-refractivity contribution in [2.45, 2.75) is 20.4 Å². The number of thiophene rings is 1. The van der Waals surface area contributed by atoms with E-state index in [1.54, 1.807) is 22.1 Å². The number of hydrogen-bond donors (Lipinski definition) is 1. The van der Waals surface area contributed by atoms with Gasteiger partial charge in [-0.25, -0.2) is 4.79 Å². The highest BCUT2D eigenvalue weighted by atomic mass is 32.1. The van der Waals surface area contributed by atoms with Crippen LogP contribution < -0.4 is 0 Å². The van der Waals surface area contributed by atoms with Crippen molar-refractivity contribution in [3.63, 3.8) is 0 Å². The molecule has 0 atom stereocenters. The third kappa shape index (κ3) is 2.36. The molecule has 0 spiro atoms.